The molecule has 1 fully saturated rings. The lowest BCUT2D eigenvalue weighted by molar-refractivity contribution is -0.132. The molecule has 23 heavy (non-hydrogen) atoms. The van der Waals surface area contributed by atoms with E-state index in [0.717, 1.165) is 36.8 Å². The fraction of sp³-hybridized carbons (Fsp3) is 0.550. The first-order chi connectivity index (χ1) is 10.8. The van der Waals surface area contributed by atoms with Crippen LogP contribution in [0.25, 0.3) is 0 Å². The van der Waals surface area contributed by atoms with Gasteiger partial charge in [0.05, 0.1) is 18.1 Å². The maximum atomic E-state index is 11.8. The minimum Gasteiger partial charge on any atom is -0.478 e. The number of hydrogen-bond donors (Lipinski definition) is 1. The molecular weight excluding hydrogens is 288 g/mol. The Morgan fingerprint density at radius 2 is 2.09 bits per heavy atom. The standard InChI is InChI=1S/C20H26O3/c1-19(2)10-4-11-20(3)16(7-5-14-9-12-23-13-14)15(18(21)22)6-8-17(19)20/h6,8-9,12-13,17H,4-5,7,10-11H2,1-3H3,(H,21,22)/t17-,20+/m0/s1. The topological polar surface area (TPSA) is 50.4 Å². The van der Waals surface area contributed by atoms with E-state index in [1.54, 1.807) is 12.5 Å². The normalized spacial score (nSPS) is 29.4. The second-order valence-electron chi connectivity index (χ2n) is 7.93. The van der Waals surface area contributed by atoms with Crippen molar-refractivity contribution in [1.82, 2.24) is 0 Å². The summed E-state index contributed by atoms with van der Waals surface area (Å²) in [6.45, 7) is 6.91. The number of carbonyl (C=O) groups is 1. The Morgan fingerprint density at radius 1 is 1.30 bits per heavy atom. The van der Waals surface area contributed by atoms with Crippen LogP contribution in [0, 0.1) is 16.7 Å². The number of carboxylic acids is 1. The van der Waals surface area contributed by atoms with E-state index in [9.17, 15) is 9.90 Å². The van der Waals surface area contributed by atoms with E-state index < -0.39 is 5.97 Å². The van der Waals surface area contributed by atoms with E-state index in [2.05, 4.69) is 26.8 Å². The number of rotatable bonds is 4. The van der Waals surface area contributed by atoms with Gasteiger partial charge in [0, 0.05) is 0 Å². The summed E-state index contributed by atoms with van der Waals surface area (Å²) in [5.41, 5.74) is 2.92. The van der Waals surface area contributed by atoms with Crippen LogP contribution in [0.5, 0.6) is 0 Å². The van der Waals surface area contributed by atoms with Crippen LogP contribution in [0.15, 0.2) is 46.3 Å². The number of hydrogen-bond acceptors (Lipinski definition) is 2. The largest absolute Gasteiger partial charge is 0.478 e. The zero-order valence-corrected chi connectivity index (χ0v) is 14.3. The minimum absolute atomic E-state index is 0.0477. The van der Waals surface area contributed by atoms with E-state index in [4.69, 9.17) is 4.42 Å². The summed E-state index contributed by atoms with van der Waals surface area (Å²) in [5.74, 6) is -0.391. The summed E-state index contributed by atoms with van der Waals surface area (Å²) >= 11 is 0. The third-order valence-corrected chi connectivity index (χ3v) is 5.99. The van der Waals surface area contributed by atoms with Gasteiger partial charge in [0.2, 0.25) is 0 Å². The Bertz CT molecular complexity index is 648. The van der Waals surface area contributed by atoms with Crippen molar-refractivity contribution < 1.29 is 14.3 Å². The van der Waals surface area contributed by atoms with Gasteiger partial charge in [-0.05, 0) is 59.6 Å². The molecule has 0 amide bonds. The molecule has 1 aromatic heterocycles. The van der Waals surface area contributed by atoms with Gasteiger partial charge in [-0.2, -0.15) is 0 Å². The van der Waals surface area contributed by atoms with Gasteiger partial charge in [-0.25, -0.2) is 4.79 Å². The fourth-order valence-corrected chi connectivity index (χ4v) is 4.82. The van der Waals surface area contributed by atoms with Gasteiger partial charge in [-0.1, -0.05) is 39.3 Å². The SMILES string of the molecule is CC1(C)CCC[C@]2(C)C(CCc3ccoc3)=C(C(=O)O)C=C[C@@H]12. The summed E-state index contributed by atoms with van der Waals surface area (Å²) in [7, 11) is 0. The highest BCUT2D eigenvalue weighted by Crippen LogP contribution is 2.58. The molecule has 1 heterocycles. The summed E-state index contributed by atoms with van der Waals surface area (Å²) in [4.78, 5) is 11.8. The van der Waals surface area contributed by atoms with Crippen LogP contribution < -0.4 is 0 Å². The minimum atomic E-state index is -0.800. The highest BCUT2D eigenvalue weighted by molar-refractivity contribution is 5.91. The molecule has 124 valence electrons. The average molecular weight is 314 g/mol. The second kappa shape index (κ2) is 5.70. The van der Waals surface area contributed by atoms with Gasteiger partial charge >= 0.3 is 5.97 Å². The lowest BCUT2D eigenvalue weighted by Gasteiger charge is -2.53. The van der Waals surface area contributed by atoms with Gasteiger partial charge in [-0.15, -0.1) is 0 Å². The molecule has 0 radical (unpaired) electrons. The molecular formula is C20H26O3. The van der Waals surface area contributed by atoms with Crippen LogP contribution in [0.4, 0.5) is 0 Å². The predicted octanol–water partition coefficient (Wildman–Crippen LogP) is 5.00. The number of allylic oxidation sites excluding steroid dienone is 2. The van der Waals surface area contributed by atoms with E-state index in [1.807, 2.05) is 12.1 Å². The maximum absolute atomic E-state index is 11.8. The van der Waals surface area contributed by atoms with Gasteiger partial charge in [-0.3, -0.25) is 0 Å². The highest BCUT2D eigenvalue weighted by Gasteiger charge is 2.49. The van der Waals surface area contributed by atoms with Crippen LogP contribution in [-0.2, 0) is 11.2 Å². The predicted molar refractivity (Wildman–Crippen MR) is 90.1 cm³/mol. The monoisotopic (exact) mass is 314 g/mol. The van der Waals surface area contributed by atoms with E-state index in [0.29, 0.717) is 11.5 Å². The Hall–Kier alpha value is -1.77. The van der Waals surface area contributed by atoms with Gasteiger partial charge < -0.3 is 9.52 Å². The first kappa shape index (κ1) is 16.1. The third-order valence-electron chi connectivity index (χ3n) is 5.99. The zero-order chi connectivity index (χ0) is 16.7. The first-order valence-corrected chi connectivity index (χ1v) is 8.51. The Labute approximate surface area is 138 Å². The molecule has 0 spiro atoms. The Kier molecular flexibility index (Phi) is 3.99. The van der Waals surface area contributed by atoms with Crippen LogP contribution in [0.3, 0.4) is 0 Å². The fourth-order valence-electron chi connectivity index (χ4n) is 4.82. The van der Waals surface area contributed by atoms with Crippen molar-refractivity contribution in [1.29, 1.82) is 0 Å². The number of aliphatic carboxylic acids is 1. The molecule has 1 N–H and O–H groups in total. The number of furan rings is 1. The van der Waals surface area contributed by atoms with Gasteiger partial charge in [0.25, 0.3) is 0 Å². The van der Waals surface area contributed by atoms with Crippen LogP contribution >= 0.6 is 0 Å². The zero-order valence-electron chi connectivity index (χ0n) is 14.3. The van der Waals surface area contributed by atoms with Crippen LogP contribution in [0.2, 0.25) is 0 Å². The van der Waals surface area contributed by atoms with E-state index >= 15 is 0 Å². The molecule has 0 unspecified atom stereocenters. The number of carboxylic acid groups (broad SMARTS) is 1. The molecule has 2 aliphatic rings. The third kappa shape index (κ3) is 2.77. The van der Waals surface area contributed by atoms with Crippen molar-refractivity contribution >= 4 is 5.97 Å². The van der Waals surface area contributed by atoms with Crippen LogP contribution in [0.1, 0.15) is 52.0 Å². The van der Waals surface area contributed by atoms with E-state index in [1.165, 1.54) is 6.42 Å². The molecule has 1 saturated carbocycles. The van der Waals surface area contributed by atoms with Gasteiger partial charge in [0.15, 0.2) is 0 Å². The Balaban J connectivity index is 1.98. The molecule has 2 atom stereocenters. The molecule has 0 aliphatic heterocycles. The summed E-state index contributed by atoms with van der Waals surface area (Å²) in [6, 6.07) is 1.96. The van der Waals surface area contributed by atoms with Crippen molar-refractivity contribution in [3.05, 3.63) is 47.5 Å². The summed E-state index contributed by atoms with van der Waals surface area (Å²) < 4.78 is 5.15. The molecule has 0 saturated heterocycles. The number of aryl methyl sites for hydroxylation is 1. The van der Waals surface area contributed by atoms with Crippen molar-refractivity contribution in [2.75, 3.05) is 0 Å². The van der Waals surface area contributed by atoms with Crippen molar-refractivity contribution in [2.24, 2.45) is 16.7 Å². The molecule has 3 rings (SSSR count). The average Bonchev–Trinajstić information content (AvgIpc) is 2.97. The van der Waals surface area contributed by atoms with E-state index in [-0.39, 0.29) is 10.8 Å². The van der Waals surface area contributed by atoms with Crippen molar-refractivity contribution in [2.45, 2.75) is 52.9 Å². The van der Waals surface area contributed by atoms with Crippen molar-refractivity contribution in [3.63, 3.8) is 0 Å². The molecule has 1 aromatic rings. The van der Waals surface area contributed by atoms with Gasteiger partial charge in [0.1, 0.15) is 0 Å². The molecule has 3 nitrogen and oxygen atoms in total. The summed E-state index contributed by atoms with van der Waals surface area (Å²) in [5, 5.41) is 9.67. The molecule has 0 aromatic carbocycles. The summed E-state index contributed by atoms with van der Waals surface area (Å²) in [6.07, 6.45) is 12.5. The maximum Gasteiger partial charge on any atom is 0.335 e. The first-order valence-electron chi connectivity index (χ1n) is 8.51. The van der Waals surface area contributed by atoms with Crippen LogP contribution in [-0.4, -0.2) is 11.1 Å². The number of fused-ring (bicyclic) bond motifs is 1. The Morgan fingerprint density at radius 3 is 2.74 bits per heavy atom. The second-order valence-corrected chi connectivity index (χ2v) is 7.93. The van der Waals surface area contributed by atoms with Crippen molar-refractivity contribution in [3.8, 4) is 0 Å². The highest BCUT2D eigenvalue weighted by atomic mass is 16.4. The smallest absolute Gasteiger partial charge is 0.335 e. The lowest BCUT2D eigenvalue weighted by atomic mass is 9.51. The molecule has 3 heteroatoms. The molecule has 2 aliphatic carbocycles. The lowest BCUT2D eigenvalue weighted by Crippen LogP contribution is -2.44. The molecule has 0 bridgehead atoms. The quantitative estimate of drug-likeness (QED) is 0.851.